The number of nitrogens with zero attached hydrogens (tertiary/aromatic N) is 3. The highest BCUT2D eigenvalue weighted by molar-refractivity contribution is 6.46. The molecule has 3 heterocycles. The van der Waals surface area contributed by atoms with Crippen LogP contribution in [-0.2, 0) is 16.1 Å². The SMILES string of the molecule is COc1ccc(/C(O)=C2/C(=O)C(=O)N(Cc3ccccn3)C2c2cccnc2)c(C)c1. The van der Waals surface area contributed by atoms with Gasteiger partial charge in [-0.05, 0) is 54.4 Å². The van der Waals surface area contributed by atoms with Gasteiger partial charge in [0.2, 0.25) is 0 Å². The van der Waals surface area contributed by atoms with E-state index in [1.807, 2.05) is 6.07 Å². The first kappa shape index (κ1) is 20.3. The lowest BCUT2D eigenvalue weighted by Crippen LogP contribution is -2.29. The number of aliphatic hydroxyl groups excluding tert-OH is 1. The van der Waals surface area contributed by atoms with Crippen LogP contribution in [0.2, 0.25) is 0 Å². The number of pyridine rings is 2. The Labute approximate surface area is 179 Å². The summed E-state index contributed by atoms with van der Waals surface area (Å²) >= 11 is 0. The molecule has 0 radical (unpaired) electrons. The first-order chi connectivity index (χ1) is 15.0. The maximum absolute atomic E-state index is 13.1. The van der Waals surface area contributed by atoms with Crippen molar-refractivity contribution < 1.29 is 19.4 Å². The third kappa shape index (κ3) is 3.77. The number of hydrogen-bond donors (Lipinski definition) is 1. The van der Waals surface area contributed by atoms with Crippen LogP contribution in [0.3, 0.4) is 0 Å². The Morgan fingerprint density at radius 3 is 2.61 bits per heavy atom. The molecule has 2 aromatic heterocycles. The zero-order valence-electron chi connectivity index (χ0n) is 17.1. The fraction of sp³-hybridized carbons (Fsp3) is 0.167. The van der Waals surface area contributed by atoms with Crippen LogP contribution in [0, 0.1) is 6.92 Å². The van der Waals surface area contributed by atoms with E-state index in [0.717, 1.165) is 5.56 Å². The number of Topliss-reactive ketones (excluding diaryl/α,β-unsaturated/α-hetero) is 1. The summed E-state index contributed by atoms with van der Waals surface area (Å²) in [6, 6.07) is 13.3. The number of amides is 1. The van der Waals surface area contributed by atoms with Gasteiger partial charge in [0.15, 0.2) is 0 Å². The second-order valence-electron chi connectivity index (χ2n) is 7.22. The van der Waals surface area contributed by atoms with Crippen molar-refractivity contribution in [1.82, 2.24) is 14.9 Å². The number of aryl methyl sites for hydroxylation is 1. The number of hydrogen-bond acceptors (Lipinski definition) is 6. The molecule has 7 nitrogen and oxygen atoms in total. The highest BCUT2D eigenvalue weighted by atomic mass is 16.5. The van der Waals surface area contributed by atoms with Gasteiger partial charge in [-0.25, -0.2) is 0 Å². The van der Waals surface area contributed by atoms with Crippen LogP contribution < -0.4 is 4.74 Å². The smallest absolute Gasteiger partial charge is 0.296 e. The minimum atomic E-state index is -0.780. The molecule has 1 amide bonds. The van der Waals surface area contributed by atoms with Gasteiger partial charge in [-0.15, -0.1) is 0 Å². The largest absolute Gasteiger partial charge is 0.507 e. The van der Waals surface area contributed by atoms with Crippen molar-refractivity contribution in [3.63, 3.8) is 0 Å². The van der Waals surface area contributed by atoms with E-state index in [0.29, 0.717) is 22.6 Å². The molecule has 7 heteroatoms. The van der Waals surface area contributed by atoms with Crippen molar-refractivity contribution in [3.05, 3.63) is 95.1 Å². The van der Waals surface area contributed by atoms with Gasteiger partial charge in [0.25, 0.3) is 11.7 Å². The first-order valence-electron chi connectivity index (χ1n) is 9.74. The highest BCUT2D eigenvalue weighted by Gasteiger charge is 2.46. The molecule has 1 fully saturated rings. The average molecular weight is 415 g/mol. The Morgan fingerprint density at radius 2 is 1.97 bits per heavy atom. The second-order valence-corrected chi connectivity index (χ2v) is 7.22. The molecule has 1 atom stereocenters. The Bertz CT molecular complexity index is 1160. The number of carbonyl (C=O) groups is 2. The Morgan fingerprint density at radius 1 is 1.13 bits per heavy atom. The van der Waals surface area contributed by atoms with E-state index in [1.165, 1.54) is 4.90 Å². The summed E-state index contributed by atoms with van der Waals surface area (Å²) in [7, 11) is 1.56. The molecule has 0 aliphatic carbocycles. The van der Waals surface area contributed by atoms with Crippen molar-refractivity contribution in [3.8, 4) is 5.75 Å². The molecular formula is C24H21N3O4. The maximum atomic E-state index is 13.1. The number of benzene rings is 1. The van der Waals surface area contributed by atoms with Gasteiger partial charge in [0.1, 0.15) is 11.5 Å². The molecule has 4 rings (SSSR count). The number of aliphatic hydroxyl groups is 1. The minimum Gasteiger partial charge on any atom is -0.507 e. The van der Waals surface area contributed by atoms with E-state index < -0.39 is 17.7 Å². The molecule has 1 aromatic carbocycles. The molecule has 31 heavy (non-hydrogen) atoms. The quantitative estimate of drug-likeness (QED) is 0.390. The summed E-state index contributed by atoms with van der Waals surface area (Å²) in [5.74, 6) is -1.02. The summed E-state index contributed by atoms with van der Waals surface area (Å²) < 4.78 is 5.23. The monoisotopic (exact) mass is 415 g/mol. The number of methoxy groups -OCH3 is 1. The molecule has 0 bridgehead atoms. The third-order valence-electron chi connectivity index (χ3n) is 5.29. The standard InChI is InChI=1S/C24H21N3O4/c1-15-12-18(31-2)8-9-19(15)22(28)20-21(16-6-5-10-25-13-16)27(24(30)23(20)29)14-17-7-3-4-11-26-17/h3-13,21,28H,14H2,1-2H3/b22-20-. The lowest BCUT2D eigenvalue weighted by molar-refractivity contribution is -0.140. The van der Waals surface area contributed by atoms with Crippen molar-refractivity contribution in [2.75, 3.05) is 7.11 Å². The van der Waals surface area contributed by atoms with E-state index in [4.69, 9.17) is 4.74 Å². The predicted molar refractivity (Wildman–Crippen MR) is 114 cm³/mol. The normalized spacial score (nSPS) is 17.7. The summed E-state index contributed by atoms with van der Waals surface area (Å²) in [6.45, 7) is 1.93. The van der Waals surface area contributed by atoms with Crippen molar-refractivity contribution in [1.29, 1.82) is 0 Å². The van der Waals surface area contributed by atoms with Crippen LogP contribution in [0.4, 0.5) is 0 Å². The van der Waals surface area contributed by atoms with E-state index in [1.54, 1.807) is 75.1 Å². The summed E-state index contributed by atoms with van der Waals surface area (Å²) in [4.78, 5) is 35.9. The minimum absolute atomic E-state index is 0.0298. The van der Waals surface area contributed by atoms with Crippen molar-refractivity contribution in [2.45, 2.75) is 19.5 Å². The fourth-order valence-electron chi connectivity index (χ4n) is 3.77. The molecule has 156 valence electrons. The molecular weight excluding hydrogens is 394 g/mol. The van der Waals surface area contributed by atoms with Gasteiger partial charge in [0.05, 0.1) is 31.0 Å². The van der Waals surface area contributed by atoms with Gasteiger partial charge < -0.3 is 14.7 Å². The van der Waals surface area contributed by atoms with E-state index in [-0.39, 0.29) is 17.9 Å². The fourth-order valence-corrected chi connectivity index (χ4v) is 3.77. The van der Waals surface area contributed by atoms with Gasteiger partial charge >= 0.3 is 0 Å². The van der Waals surface area contributed by atoms with Crippen LogP contribution in [-0.4, -0.2) is 38.8 Å². The van der Waals surface area contributed by atoms with Crippen LogP contribution in [0.25, 0.3) is 5.76 Å². The maximum Gasteiger partial charge on any atom is 0.296 e. The van der Waals surface area contributed by atoms with Crippen molar-refractivity contribution in [2.24, 2.45) is 0 Å². The van der Waals surface area contributed by atoms with Crippen LogP contribution in [0.5, 0.6) is 5.75 Å². The number of rotatable bonds is 5. The number of likely N-dealkylation sites (tertiary alicyclic amines) is 1. The van der Waals surface area contributed by atoms with Crippen LogP contribution in [0.1, 0.15) is 28.4 Å². The Hall–Kier alpha value is -4.00. The predicted octanol–water partition coefficient (Wildman–Crippen LogP) is 3.42. The summed E-state index contributed by atoms with van der Waals surface area (Å²) in [5, 5.41) is 11.2. The molecule has 0 saturated carbocycles. The highest BCUT2D eigenvalue weighted by Crippen LogP contribution is 2.40. The molecule has 1 unspecified atom stereocenters. The zero-order valence-corrected chi connectivity index (χ0v) is 17.1. The Kier molecular flexibility index (Phi) is 5.49. The molecule has 0 spiro atoms. The van der Waals surface area contributed by atoms with E-state index in [2.05, 4.69) is 9.97 Å². The molecule has 3 aromatic rings. The zero-order chi connectivity index (χ0) is 22.0. The van der Waals surface area contributed by atoms with Gasteiger partial charge in [0, 0.05) is 24.2 Å². The lowest BCUT2D eigenvalue weighted by Gasteiger charge is -2.24. The third-order valence-corrected chi connectivity index (χ3v) is 5.29. The molecule has 1 aliphatic heterocycles. The van der Waals surface area contributed by atoms with Crippen LogP contribution in [0.15, 0.2) is 72.7 Å². The van der Waals surface area contributed by atoms with Crippen molar-refractivity contribution >= 4 is 17.4 Å². The summed E-state index contributed by atoms with van der Waals surface area (Å²) in [5.41, 5.74) is 2.48. The second kappa shape index (κ2) is 8.39. The number of aromatic nitrogens is 2. The van der Waals surface area contributed by atoms with E-state index in [9.17, 15) is 14.7 Å². The summed E-state index contributed by atoms with van der Waals surface area (Å²) in [6.07, 6.45) is 4.84. The van der Waals surface area contributed by atoms with E-state index >= 15 is 0 Å². The number of ketones is 1. The number of ether oxygens (including phenoxy) is 1. The Balaban J connectivity index is 1.86. The van der Waals surface area contributed by atoms with Gasteiger partial charge in [-0.3, -0.25) is 19.6 Å². The van der Waals surface area contributed by atoms with Gasteiger partial charge in [-0.1, -0.05) is 12.1 Å². The molecule has 1 N–H and O–H groups in total. The topological polar surface area (TPSA) is 92.6 Å². The number of carbonyl (C=O) groups excluding carboxylic acids is 2. The average Bonchev–Trinajstić information content (AvgIpc) is 3.04. The molecule has 1 aliphatic rings. The molecule has 1 saturated heterocycles. The van der Waals surface area contributed by atoms with Gasteiger partial charge in [-0.2, -0.15) is 0 Å². The lowest BCUT2D eigenvalue weighted by atomic mass is 9.94. The first-order valence-corrected chi connectivity index (χ1v) is 9.74. The van der Waals surface area contributed by atoms with Crippen LogP contribution >= 0.6 is 0 Å².